The van der Waals surface area contributed by atoms with Gasteiger partial charge in [0.15, 0.2) is 0 Å². The summed E-state index contributed by atoms with van der Waals surface area (Å²) in [6, 6.07) is 0. The monoisotopic (exact) mass is 250 g/mol. The summed E-state index contributed by atoms with van der Waals surface area (Å²) in [5.74, 6) is 1.99. The molecule has 0 saturated heterocycles. The van der Waals surface area contributed by atoms with Gasteiger partial charge in [-0.1, -0.05) is 6.58 Å². The normalized spacial score (nSPS) is 45.0. The van der Waals surface area contributed by atoms with Crippen molar-refractivity contribution in [3.05, 3.63) is 12.2 Å². The lowest BCUT2D eigenvalue weighted by Crippen LogP contribution is -2.61. The summed E-state index contributed by atoms with van der Waals surface area (Å²) >= 11 is 0. The van der Waals surface area contributed by atoms with Gasteiger partial charge in [-0.05, 0) is 50.9 Å². The molecule has 0 aliphatic heterocycles. The fourth-order valence-corrected chi connectivity index (χ4v) is 4.70. The largest absolute Gasteiger partial charge is 0.453 e. The van der Waals surface area contributed by atoms with Crippen LogP contribution in [0.4, 0.5) is 0 Å². The fraction of sp³-hybridized carbons (Fsp3) is 0.800. The molecule has 4 aliphatic rings. The Labute approximate surface area is 108 Å². The summed E-state index contributed by atoms with van der Waals surface area (Å²) < 4.78 is 5.74. The number of aliphatic hydroxyl groups excluding tert-OH is 1. The Morgan fingerprint density at radius 1 is 1.22 bits per heavy atom. The second kappa shape index (κ2) is 4.09. The third kappa shape index (κ3) is 1.63. The number of carbonyl (C=O) groups is 1. The molecule has 100 valence electrons. The number of ether oxygens (including phenoxy) is 1. The summed E-state index contributed by atoms with van der Waals surface area (Å²) in [6.07, 6.45) is 5.84. The molecule has 18 heavy (non-hydrogen) atoms. The first kappa shape index (κ1) is 12.2. The van der Waals surface area contributed by atoms with Crippen LogP contribution < -0.4 is 0 Å². The molecular weight excluding hydrogens is 228 g/mol. The van der Waals surface area contributed by atoms with Crippen LogP contribution in [0.25, 0.3) is 0 Å². The van der Waals surface area contributed by atoms with E-state index in [1.54, 1.807) is 6.92 Å². The van der Waals surface area contributed by atoms with E-state index in [-0.39, 0.29) is 12.6 Å². The molecule has 4 aliphatic carbocycles. The van der Waals surface area contributed by atoms with Gasteiger partial charge < -0.3 is 9.84 Å². The predicted molar refractivity (Wildman–Crippen MR) is 67.8 cm³/mol. The second-order valence-electron chi connectivity index (χ2n) is 6.59. The van der Waals surface area contributed by atoms with Gasteiger partial charge in [0, 0.05) is 17.4 Å². The van der Waals surface area contributed by atoms with Crippen molar-refractivity contribution in [3.63, 3.8) is 0 Å². The average molecular weight is 250 g/mol. The van der Waals surface area contributed by atoms with Crippen molar-refractivity contribution >= 4 is 5.97 Å². The van der Waals surface area contributed by atoms with Gasteiger partial charge in [0.1, 0.15) is 5.60 Å². The van der Waals surface area contributed by atoms with E-state index in [0.717, 1.165) is 37.5 Å². The molecule has 0 aromatic rings. The Hall–Kier alpha value is -0.830. The molecule has 0 spiro atoms. The molecular formula is C15H22O3. The van der Waals surface area contributed by atoms with Crippen molar-refractivity contribution in [1.82, 2.24) is 0 Å². The third-order valence-corrected chi connectivity index (χ3v) is 5.40. The quantitative estimate of drug-likeness (QED) is 0.617. The van der Waals surface area contributed by atoms with Crippen LogP contribution in [0, 0.1) is 23.7 Å². The second-order valence-corrected chi connectivity index (χ2v) is 6.59. The Kier molecular flexibility index (Phi) is 2.77. The predicted octanol–water partition coefficient (Wildman–Crippen LogP) is 2.29. The van der Waals surface area contributed by atoms with Crippen molar-refractivity contribution in [1.29, 1.82) is 0 Å². The maximum absolute atomic E-state index is 11.9. The highest BCUT2D eigenvalue weighted by atomic mass is 16.6. The minimum absolute atomic E-state index is 0.0270. The molecule has 4 rings (SSSR count). The van der Waals surface area contributed by atoms with E-state index in [4.69, 9.17) is 4.74 Å². The van der Waals surface area contributed by atoms with E-state index in [1.807, 2.05) is 0 Å². The molecule has 4 fully saturated rings. The first-order valence-corrected chi connectivity index (χ1v) is 7.05. The molecule has 0 radical (unpaired) electrons. The Bertz CT molecular complexity index is 357. The van der Waals surface area contributed by atoms with Gasteiger partial charge in [0.25, 0.3) is 0 Å². The maximum Gasteiger partial charge on any atom is 0.333 e. The molecule has 4 bridgehead atoms. The number of carbonyl (C=O) groups excluding carboxylic acids is 1. The smallest absolute Gasteiger partial charge is 0.333 e. The highest BCUT2D eigenvalue weighted by Gasteiger charge is 2.59. The molecule has 1 N–H and O–H groups in total. The van der Waals surface area contributed by atoms with Crippen LogP contribution in [0.2, 0.25) is 0 Å². The molecule has 0 amide bonds. The molecule has 4 saturated carbocycles. The van der Waals surface area contributed by atoms with Gasteiger partial charge in [0.05, 0.1) is 6.61 Å². The molecule has 3 heteroatoms. The minimum Gasteiger partial charge on any atom is -0.453 e. The van der Waals surface area contributed by atoms with Crippen molar-refractivity contribution in [2.24, 2.45) is 23.7 Å². The van der Waals surface area contributed by atoms with E-state index < -0.39 is 5.60 Å². The molecule has 3 nitrogen and oxygen atoms in total. The Morgan fingerprint density at radius 2 is 1.72 bits per heavy atom. The van der Waals surface area contributed by atoms with Crippen LogP contribution in [0.5, 0.6) is 0 Å². The number of aliphatic hydroxyl groups is 1. The summed E-state index contributed by atoms with van der Waals surface area (Å²) in [5, 5.41) is 9.87. The average Bonchev–Trinajstić information content (AvgIpc) is 2.32. The lowest BCUT2D eigenvalue weighted by Gasteiger charge is -2.59. The van der Waals surface area contributed by atoms with Crippen LogP contribution in [0.3, 0.4) is 0 Å². The standard InChI is InChI=1S/C15H22O3/c1-9(2)14(17)18-15(8-16)12-4-10-3-11(6-12)7-13(15)5-10/h10-13,16H,1,3-8H2,2H3. The van der Waals surface area contributed by atoms with E-state index >= 15 is 0 Å². The van der Waals surface area contributed by atoms with Gasteiger partial charge in [-0.25, -0.2) is 4.79 Å². The summed E-state index contributed by atoms with van der Waals surface area (Å²) in [6.45, 7) is 5.29. The first-order valence-electron chi connectivity index (χ1n) is 7.05. The topological polar surface area (TPSA) is 46.5 Å². The highest BCUT2D eigenvalue weighted by molar-refractivity contribution is 5.87. The Balaban J connectivity index is 1.87. The van der Waals surface area contributed by atoms with Gasteiger partial charge in [-0.3, -0.25) is 0 Å². The zero-order valence-electron chi connectivity index (χ0n) is 11.0. The van der Waals surface area contributed by atoms with Gasteiger partial charge in [-0.2, -0.15) is 0 Å². The SMILES string of the molecule is C=C(C)C(=O)OC1(CO)C2CC3CC(C2)CC1C3. The summed E-state index contributed by atoms with van der Waals surface area (Å²) in [7, 11) is 0. The minimum atomic E-state index is -0.608. The van der Waals surface area contributed by atoms with Gasteiger partial charge in [-0.15, -0.1) is 0 Å². The fourth-order valence-electron chi connectivity index (χ4n) is 4.70. The number of rotatable bonds is 3. The number of hydrogen-bond acceptors (Lipinski definition) is 3. The zero-order valence-corrected chi connectivity index (χ0v) is 11.0. The summed E-state index contributed by atoms with van der Waals surface area (Å²) in [5.41, 5.74) is -0.180. The molecule has 0 heterocycles. The molecule has 0 atom stereocenters. The zero-order chi connectivity index (χ0) is 12.9. The lowest BCUT2D eigenvalue weighted by atomic mass is 9.50. The number of hydrogen-bond donors (Lipinski definition) is 1. The van der Waals surface area contributed by atoms with E-state index in [0.29, 0.717) is 17.4 Å². The van der Waals surface area contributed by atoms with Crippen LogP contribution in [-0.2, 0) is 9.53 Å². The molecule has 0 aromatic heterocycles. The van der Waals surface area contributed by atoms with Crippen molar-refractivity contribution in [3.8, 4) is 0 Å². The molecule has 0 aromatic carbocycles. The van der Waals surface area contributed by atoms with Gasteiger partial charge >= 0.3 is 5.97 Å². The van der Waals surface area contributed by atoms with E-state index in [9.17, 15) is 9.90 Å². The van der Waals surface area contributed by atoms with Crippen molar-refractivity contribution < 1.29 is 14.6 Å². The van der Waals surface area contributed by atoms with E-state index in [2.05, 4.69) is 6.58 Å². The molecule has 0 unspecified atom stereocenters. The Morgan fingerprint density at radius 3 is 2.11 bits per heavy atom. The van der Waals surface area contributed by atoms with Crippen LogP contribution in [0.1, 0.15) is 39.0 Å². The van der Waals surface area contributed by atoms with E-state index in [1.165, 1.54) is 6.42 Å². The summed E-state index contributed by atoms with van der Waals surface area (Å²) in [4.78, 5) is 11.9. The van der Waals surface area contributed by atoms with Crippen LogP contribution in [-0.4, -0.2) is 23.3 Å². The van der Waals surface area contributed by atoms with Crippen molar-refractivity contribution in [2.75, 3.05) is 6.61 Å². The lowest BCUT2D eigenvalue weighted by molar-refractivity contribution is -0.218. The van der Waals surface area contributed by atoms with Crippen molar-refractivity contribution in [2.45, 2.75) is 44.6 Å². The number of esters is 1. The maximum atomic E-state index is 11.9. The third-order valence-electron chi connectivity index (χ3n) is 5.40. The van der Waals surface area contributed by atoms with Crippen LogP contribution in [0.15, 0.2) is 12.2 Å². The first-order chi connectivity index (χ1) is 8.55. The highest BCUT2D eigenvalue weighted by Crippen LogP contribution is 2.59. The van der Waals surface area contributed by atoms with Gasteiger partial charge in [0.2, 0.25) is 0 Å². The van der Waals surface area contributed by atoms with Crippen LogP contribution >= 0.6 is 0 Å².